The molecule has 0 aliphatic carbocycles. The largest absolute Gasteiger partial charge is 0.483 e. The van der Waals surface area contributed by atoms with Gasteiger partial charge in [-0.15, -0.1) is 0 Å². The smallest absolute Gasteiger partial charge is 0.290 e. The number of amides is 2. The molecule has 11 heteroatoms. The van der Waals surface area contributed by atoms with E-state index in [-0.39, 0.29) is 23.7 Å². The van der Waals surface area contributed by atoms with Gasteiger partial charge in [0.25, 0.3) is 6.47 Å². The number of piperidine rings is 1. The zero-order valence-electron chi connectivity index (χ0n) is 18.5. The summed E-state index contributed by atoms with van der Waals surface area (Å²) in [5.41, 5.74) is -0.916. The monoisotopic (exact) mass is 458 g/mol. The molecule has 4 aliphatic rings. The summed E-state index contributed by atoms with van der Waals surface area (Å²) in [7, 11) is -1.52. The molecule has 0 aromatic rings. The van der Waals surface area contributed by atoms with Crippen molar-refractivity contribution in [2.45, 2.75) is 32.1 Å². The Hall–Kier alpha value is -1.72. The Labute approximate surface area is 184 Å². The molecule has 0 aromatic carbocycles. The minimum atomic E-state index is -3.34. The van der Waals surface area contributed by atoms with Crippen LogP contribution in [0.25, 0.3) is 0 Å². The number of carboxylic acid groups (broad SMARTS) is 1. The van der Waals surface area contributed by atoms with E-state index in [1.165, 1.54) is 10.6 Å². The van der Waals surface area contributed by atoms with E-state index in [1.807, 2.05) is 11.9 Å². The van der Waals surface area contributed by atoms with Gasteiger partial charge in [0, 0.05) is 45.2 Å². The lowest BCUT2D eigenvalue weighted by Gasteiger charge is -2.46. The van der Waals surface area contributed by atoms with Crippen molar-refractivity contribution in [1.29, 1.82) is 0 Å². The van der Waals surface area contributed by atoms with Gasteiger partial charge in [-0.1, -0.05) is 0 Å². The first-order chi connectivity index (χ1) is 14.6. The first-order valence-electron chi connectivity index (χ1n) is 10.9. The summed E-state index contributed by atoms with van der Waals surface area (Å²) >= 11 is 0. The maximum atomic E-state index is 13.1. The van der Waals surface area contributed by atoms with Gasteiger partial charge in [0.1, 0.15) is 0 Å². The van der Waals surface area contributed by atoms with Gasteiger partial charge >= 0.3 is 0 Å². The van der Waals surface area contributed by atoms with Crippen LogP contribution in [0.1, 0.15) is 32.1 Å². The molecule has 1 N–H and O–H groups in total. The molecule has 0 saturated carbocycles. The van der Waals surface area contributed by atoms with Gasteiger partial charge in [0.15, 0.2) is 0 Å². The fraction of sp³-hybridized carbons (Fsp3) is 0.850. The van der Waals surface area contributed by atoms with Crippen LogP contribution in [0, 0.1) is 10.8 Å². The van der Waals surface area contributed by atoms with Gasteiger partial charge in [0.05, 0.1) is 18.2 Å². The van der Waals surface area contributed by atoms with E-state index in [2.05, 4.69) is 4.90 Å². The number of carbonyl (C=O) groups is 3. The normalized spacial score (nSPS) is 28.9. The number of hydrogen-bond acceptors (Lipinski definition) is 6. The third kappa shape index (κ3) is 4.45. The second-order valence-electron chi connectivity index (χ2n) is 9.34. The molecule has 2 amide bonds. The minimum absolute atomic E-state index is 0.0974. The maximum Gasteiger partial charge on any atom is 0.290 e. The molecule has 0 aromatic heterocycles. The molecule has 4 heterocycles. The summed E-state index contributed by atoms with van der Waals surface area (Å²) in [6.45, 7) is 4.84. The summed E-state index contributed by atoms with van der Waals surface area (Å²) in [6.07, 6.45) is 5.69. The van der Waals surface area contributed by atoms with E-state index in [0.717, 1.165) is 58.3 Å². The van der Waals surface area contributed by atoms with Gasteiger partial charge in [-0.3, -0.25) is 19.3 Å². The number of carbonyl (C=O) groups excluding carboxylic acids is 2. The Balaban J connectivity index is 0.000000858. The highest BCUT2D eigenvalue weighted by atomic mass is 32.2. The zero-order chi connectivity index (χ0) is 22.9. The van der Waals surface area contributed by atoms with E-state index < -0.39 is 15.4 Å². The first-order valence-corrected chi connectivity index (χ1v) is 12.7. The van der Waals surface area contributed by atoms with Crippen molar-refractivity contribution in [1.82, 2.24) is 19.0 Å². The van der Waals surface area contributed by atoms with E-state index in [1.54, 1.807) is 4.90 Å². The highest BCUT2D eigenvalue weighted by Gasteiger charge is 2.65. The van der Waals surface area contributed by atoms with Crippen molar-refractivity contribution >= 4 is 28.3 Å². The van der Waals surface area contributed by atoms with Crippen LogP contribution in [-0.2, 0) is 24.4 Å². The third-order valence-corrected chi connectivity index (χ3v) is 8.87. The van der Waals surface area contributed by atoms with Crippen LogP contribution in [0.3, 0.4) is 0 Å². The highest BCUT2D eigenvalue weighted by Crippen LogP contribution is 2.58. The molecule has 0 bridgehead atoms. The van der Waals surface area contributed by atoms with Crippen molar-refractivity contribution < 1.29 is 27.9 Å². The van der Waals surface area contributed by atoms with Crippen LogP contribution in [0.5, 0.6) is 0 Å². The molecule has 1 unspecified atom stereocenters. The van der Waals surface area contributed by atoms with E-state index in [4.69, 9.17) is 9.90 Å². The van der Waals surface area contributed by atoms with E-state index in [9.17, 15) is 18.0 Å². The predicted octanol–water partition coefficient (Wildman–Crippen LogP) is -0.484. The average Bonchev–Trinajstić information content (AvgIpc) is 3.41. The molecule has 4 aliphatic heterocycles. The molecule has 4 saturated heterocycles. The van der Waals surface area contributed by atoms with Crippen LogP contribution in [-0.4, -0.2) is 116 Å². The quantitative estimate of drug-likeness (QED) is 0.567. The number of rotatable bonds is 3. The van der Waals surface area contributed by atoms with Crippen molar-refractivity contribution in [3.63, 3.8) is 0 Å². The summed E-state index contributed by atoms with van der Waals surface area (Å²) < 4.78 is 26.1. The minimum Gasteiger partial charge on any atom is -0.483 e. The number of fused-ring (bicyclic) bond motifs is 1. The van der Waals surface area contributed by atoms with Crippen molar-refractivity contribution in [3.8, 4) is 0 Å². The van der Waals surface area contributed by atoms with Gasteiger partial charge < -0.3 is 14.9 Å². The molecule has 31 heavy (non-hydrogen) atoms. The van der Waals surface area contributed by atoms with Gasteiger partial charge in [-0.05, 0) is 45.2 Å². The Bertz CT molecular complexity index is 804. The van der Waals surface area contributed by atoms with Gasteiger partial charge in [-0.2, -0.15) is 0 Å². The third-order valence-electron chi connectivity index (χ3n) is 7.67. The lowest BCUT2D eigenvalue weighted by Crippen LogP contribution is -2.53. The molecule has 10 nitrogen and oxygen atoms in total. The molecule has 4 rings (SSSR count). The second kappa shape index (κ2) is 9.03. The second-order valence-corrected chi connectivity index (χ2v) is 11.3. The molecule has 0 radical (unpaired) electrons. The van der Waals surface area contributed by atoms with E-state index in [0.29, 0.717) is 26.2 Å². The van der Waals surface area contributed by atoms with Crippen LogP contribution < -0.4 is 0 Å². The van der Waals surface area contributed by atoms with Crippen LogP contribution in [0.4, 0.5) is 0 Å². The lowest BCUT2D eigenvalue weighted by molar-refractivity contribution is -0.142. The number of hydrogen-bond donors (Lipinski definition) is 1. The standard InChI is InChI=1S/C19H32N4O4S.CH2O2/c1-20-10-7-19(17(20)25)15-23(28(2,26)27)14-18(19)5-11-21(12-6-18)13-16(24)22-8-3-4-9-22;2-1-3/h3-15H2,1-2H3;1H,(H,2,3). The molecule has 1 atom stereocenters. The predicted molar refractivity (Wildman–Crippen MR) is 114 cm³/mol. The van der Waals surface area contributed by atoms with Crippen molar-refractivity contribution in [3.05, 3.63) is 0 Å². The van der Waals surface area contributed by atoms with Crippen molar-refractivity contribution in [2.75, 3.05) is 65.7 Å². The SMILES string of the molecule is CN1CCC2(CN(S(C)(=O)=O)CC23CCN(CC(=O)N2CCCC2)CC3)C1=O.O=CO. The summed E-state index contributed by atoms with van der Waals surface area (Å²) in [4.78, 5) is 39.9. The topological polar surface area (TPSA) is 119 Å². The molecular formula is C20H34N4O6S. The molecular weight excluding hydrogens is 424 g/mol. The Morgan fingerprint density at radius 1 is 1.06 bits per heavy atom. The average molecular weight is 459 g/mol. The highest BCUT2D eigenvalue weighted by molar-refractivity contribution is 7.88. The molecule has 176 valence electrons. The first kappa shape index (κ1) is 23.9. The van der Waals surface area contributed by atoms with Crippen LogP contribution in [0.15, 0.2) is 0 Å². The fourth-order valence-electron chi connectivity index (χ4n) is 5.85. The number of sulfonamides is 1. The van der Waals surface area contributed by atoms with E-state index >= 15 is 0 Å². The van der Waals surface area contributed by atoms with Crippen molar-refractivity contribution in [2.24, 2.45) is 10.8 Å². The summed E-state index contributed by atoms with van der Waals surface area (Å²) in [6, 6.07) is 0. The Morgan fingerprint density at radius 3 is 2.13 bits per heavy atom. The number of likely N-dealkylation sites (tertiary alicyclic amines) is 3. The molecule has 4 fully saturated rings. The summed E-state index contributed by atoms with van der Waals surface area (Å²) in [5, 5.41) is 6.89. The Morgan fingerprint density at radius 2 is 1.65 bits per heavy atom. The fourth-order valence-corrected chi connectivity index (χ4v) is 6.79. The van der Waals surface area contributed by atoms with Gasteiger partial charge in [-0.25, -0.2) is 12.7 Å². The zero-order valence-corrected chi connectivity index (χ0v) is 19.3. The lowest BCUT2D eigenvalue weighted by atomic mass is 9.60. The van der Waals surface area contributed by atoms with Crippen LogP contribution >= 0.6 is 0 Å². The van der Waals surface area contributed by atoms with Gasteiger partial charge in [0.2, 0.25) is 21.8 Å². The molecule has 2 spiro atoms. The summed E-state index contributed by atoms with van der Waals surface area (Å²) in [5.74, 6) is 0.296. The number of nitrogens with zero attached hydrogens (tertiary/aromatic N) is 4. The van der Waals surface area contributed by atoms with Crippen LogP contribution in [0.2, 0.25) is 0 Å². The maximum absolute atomic E-state index is 13.1. The Kier molecular flexibility index (Phi) is 6.97.